The molecule has 5 aliphatic carbocycles. The van der Waals surface area contributed by atoms with Gasteiger partial charge in [0.05, 0.1) is 6.10 Å². The molecule has 1 saturated heterocycles. The van der Waals surface area contributed by atoms with E-state index in [2.05, 4.69) is 51.5 Å². The standard InChI is InChI=1S/C35H60N2O2/c1-24(22-37-20-18-36(7)19-21-37)25-10-15-35(23-38)17-16-33(5)26(30(25)35)8-9-28-32(4)13-12-29(39)31(2,3)27(32)11-14-34(28,33)6/h25-30,38-39H,1,8-23H2,2-7H3/t25-,26+,27-,28+,29-,30+,32-,33+,34+,35+/m0/s1. The van der Waals surface area contributed by atoms with E-state index in [4.69, 9.17) is 6.58 Å². The van der Waals surface area contributed by atoms with Crippen LogP contribution in [-0.2, 0) is 0 Å². The SMILES string of the molecule is C=C(CN1CCN(C)CC1)[C@@H]1CC[C@]2(CO)CC[C@]3(C)[C@H](CC[C@@H]4[C@@]5(C)CC[C@H](O)C(C)(C)[C@@H]5CC[C@]43C)[C@@H]12. The van der Waals surface area contributed by atoms with Crippen LogP contribution in [0.25, 0.3) is 0 Å². The van der Waals surface area contributed by atoms with Gasteiger partial charge in [-0.1, -0.05) is 46.8 Å². The van der Waals surface area contributed by atoms with Gasteiger partial charge in [0.2, 0.25) is 0 Å². The summed E-state index contributed by atoms with van der Waals surface area (Å²) in [5, 5.41) is 22.0. The fraction of sp³-hybridized carbons (Fsp3) is 0.943. The van der Waals surface area contributed by atoms with Gasteiger partial charge in [0.1, 0.15) is 0 Å². The van der Waals surface area contributed by atoms with E-state index in [1.807, 2.05) is 0 Å². The second-order valence-electron chi connectivity index (χ2n) is 17.0. The van der Waals surface area contributed by atoms with Crippen LogP contribution in [0.4, 0.5) is 0 Å². The number of likely N-dealkylation sites (N-methyl/N-ethyl adjacent to an activating group) is 1. The Hall–Kier alpha value is -0.420. The Morgan fingerprint density at radius 1 is 0.795 bits per heavy atom. The maximum absolute atomic E-state index is 11.0. The van der Waals surface area contributed by atoms with Crippen LogP contribution in [-0.4, -0.2) is 72.5 Å². The van der Waals surface area contributed by atoms with Crippen LogP contribution in [0.1, 0.15) is 98.8 Å². The van der Waals surface area contributed by atoms with Crippen molar-refractivity contribution in [3.63, 3.8) is 0 Å². The fourth-order valence-electron chi connectivity index (χ4n) is 12.9. The highest BCUT2D eigenvalue weighted by Gasteiger charge is 2.70. The zero-order valence-electron chi connectivity index (χ0n) is 26.3. The van der Waals surface area contributed by atoms with Gasteiger partial charge in [-0.25, -0.2) is 0 Å². The molecule has 0 bridgehead atoms. The van der Waals surface area contributed by atoms with Gasteiger partial charge in [-0.15, -0.1) is 0 Å². The number of fused-ring (bicyclic) bond motifs is 7. The minimum Gasteiger partial charge on any atom is -0.396 e. The molecule has 0 amide bonds. The minimum atomic E-state index is -0.155. The van der Waals surface area contributed by atoms with E-state index in [9.17, 15) is 10.2 Å². The van der Waals surface area contributed by atoms with Crippen molar-refractivity contribution in [3.05, 3.63) is 12.2 Å². The number of hydrogen-bond donors (Lipinski definition) is 2. The van der Waals surface area contributed by atoms with E-state index < -0.39 is 0 Å². The zero-order valence-corrected chi connectivity index (χ0v) is 26.3. The summed E-state index contributed by atoms with van der Waals surface area (Å²) in [4.78, 5) is 5.09. The quantitative estimate of drug-likeness (QED) is 0.415. The molecule has 0 aromatic rings. The Morgan fingerprint density at radius 2 is 1.51 bits per heavy atom. The highest BCUT2D eigenvalue weighted by molar-refractivity contribution is 5.22. The lowest BCUT2D eigenvalue weighted by atomic mass is 9.32. The van der Waals surface area contributed by atoms with Gasteiger partial charge >= 0.3 is 0 Å². The third-order valence-corrected chi connectivity index (χ3v) is 15.4. The van der Waals surface area contributed by atoms with Crippen LogP contribution in [0.5, 0.6) is 0 Å². The van der Waals surface area contributed by atoms with Gasteiger partial charge < -0.3 is 15.1 Å². The van der Waals surface area contributed by atoms with Gasteiger partial charge in [-0.3, -0.25) is 4.90 Å². The Bertz CT molecular complexity index is 956. The van der Waals surface area contributed by atoms with Crippen molar-refractivity contribution in [2.24, 2.45) is 56.7 Å². The largest absolute Gasteiger partial charge is 0.396 e. The molecule has 39 heavy (non-hydrogen) atoms. The van der Waals surface area contributed by atoms with E-state index >= 15 is 0 Å². The minimum absolute atomic E-state index is 0.0161. The van der Waals surface area contributed by atoms with Gasteiger partial charge in [0, 0.05) is 39.3 Å². The summed E-state index contributed by atoms with van der Waals surface area (Å²) in [5.74, 6) is 3.21. The molecule has 222 valence electrons. The van der Waals surface area contributed by atoms with Crippen LogP contribution in [0.3, 0.4) is 0 Å². The van der Waals surface area contributed by atoms with Crippen molar-refractivity contribution >= 4 is 0 Å². The lowest BCUT2D eigenvalue weighted by Gasteiger charge is -2.73. The van der Waals surface area contributed by atoms with Crippen molar-refractivity contribution in [2.45, 2.75) is 105 Å². The fourth-order valence-corrected chi connectivity index (χ4v) is 12.9. The molecule has 4 nitrogen and oxygen atoms in total. The molecule has 6 aliphatic rings. The summed E-state index contributed by atoms with van der Waals surface area (Å²) in [6.45, 7) is 23.6. The number of aliphatic hydroxyl groups excluding tert-OH is 2. The first-order chi connectivity index (χ1) is 18.3. The highest BCUT2D eigenvalue weighted by atomic mass is 16.3. The number of nitrogens with zero attached hydrogens (tertiary/aromatic N) is 2. The van der Waals surface area contributed by atoms with Crippen LogP contribution in [0.15, 0.2) is 12.2 Å². The van der Waals surface area contributed by atoms with Crippen LogP contribution in [0.2, 0.25) is 0 Å². The summed E-state index contributed by atoms with van der Waals surface area (Å²) in [6, 6.07) is 0. The van der Waals surface area contributed by atoms with Crippen molar-refractivity contribution in [3.8, 4) is 0 Å². The molecule has 1 aliphatic heterocycles. The summed E-state index contributed by atoms with van der Waals surface area (Å²) in [6.07, 6.45) is 12.2. The van der Waals surface area contributed by atoms with Crippen LogP contribution >= 0.6 is 0 Å². The monoisotopic (exact) mass is 540 g/mol. The number of rotatable bonds is 4. The molecule has 0 radical (unpaired) electrons. The average Bonchev–Trinajstić information content (AvgIpc) is 3.29. The van der Waals surface area contributed by atoms with Gasteiger partial charge in [-0.05, 0) is 128 Å². The van der Waals surface area contributed by atoms with E-state index in [1.165, 1.54) is 63.4 Å². The molecule has 0 spiro atoms. The summed E-state index contributed by atoms with van der Waals surface area (Å²) in [5.41, 5.74) is 2.59. The van der Waals surface area contributed by atoms with Gasteiger partial charge in [0.15, 0.2) is 0 Å². The normalized spacial score (nSPS) is 51.9. The first kappa shape index (κ1) is 28.7. The molecule has 4 heteroatoms. The summed E-state index contributed by atoms with van der Waals surface area (Å²) >= 11 is 0. The predicted molar refractivity (Wildman–Crippen MR) is 160 cm³/mol. The Morgan fingerprint density at radius 3 is 2.21 bits per heavy atom. The van der Waals surface area contributed by atoms with E-state index in [0.717, 1.165) is 45.1 Å². The number of piperazine rings is 1. The average molecular weight is 541 g/mol. The summed E-state index contributed by atoms with van der Waals surface area (Å²) < 4.78 is 0. The molecule has 6 fully saturated rings. The third-order valence-electron chi connectivity index (χ3n) is 15.4. The van der Waals surface area contributed by atoms with Crippen molar-refractivity contribution < 1.29 is 10.2 Å². The molecule has 0 aromatic heterocycles. The number of aliphatic hydroxyl groups is 2. The molecule has 2 N–H and O–H groups in total. The van der Waals surface area contributed by atoms with Gasteiger partial charge in [0.25, 0.3) is 0 Å². The topological polar surface area (TPSA) is 46.9 Å². The van der Waals surface area contributed by atoms with E-state index in [1.54, 1.807) is 0 Å². The molecule has 0 aromatic carbocycles. The first-order valence-corrected chi connectivity index (χ1v) is 16.7. The van der Waals surface area contributed by atoms with Gasteiger partial charge in [-0.2, -0.15) is 0 Å². The zero-order chi connectivity index (χ0) is 28.0. The predicted octanol–water partition coefficient (Wildman–Crippen LogP) is 6.22. The molecule has 5 saturated carbocycles. The van der Waals surface area contributed by atoms with Crippen LogP contribution in [0, 0.1) is 56.7 Å². The molecule has 1 heterocycles. The number of hydrogen-bond acceptors (Lipinski definition) is 4. The second kappa shape index (κ2) is 9.55. The Kier molecular flexibility index (Phi) is 7.02. The molecule has 0 unspecified atom stereocenters. The maximum Gasteiger partial charge on any atom is 0.0594 e. The van der Waals surface area contributed by atoms with Crippen molar-refractivity contribution in [1.29, 1.82) is 0 Å². The lowest BCUT2D eigenvalue weighted by molar-refractivity contribution is -0.249. The summed E-state index contributed by atoms with van der Waals surface area (Å²) in [7, 11) is 2.24. The van der Waals surface area contributed by atoms with Crippen molar-refractivity contribution in [1.82, 2.24) is 9.80 Å². The lowest BCUT2D eigenvalue weighted by Crippen LogP contribution is -2.66. The van der Waals surface area contributed by atoms with Crippen LogP contribution < -0.4 is 0 Å². The van der Waals surface area contributed by atoms with E-state index in [-0.39, 0.29) is 16.9 Å². The highest BCUT2D eigenvalue weighted by Crippen LogP contribution is 2.77. The second-order valence-corrected chi connectivity index (χ2v) is 17.0. The molecule has 10 atom stereocenters. The Balaban J connectivity index is 1.30. The third kappa shape index (κ3) is 3.96. The Labute approximate surface area is 240 Å². The molecular weight excluding hydrogens is 480 g/mol. The smallest absolute Gasteiger partial charge is 0.0594 e. The molecule has 6 rings (SSSR count). The maximum atomic E-state index is 11.0. The van der Waals surface area contributed by atoms with E-state index in [0.29, 0.717) is 46.5 Å². The first-order valence-electron chi connectivity index (χ1n) is 16.7. The van der Waals surface area contributed by atoms with Crippen molar-refractivity contribution in [2.75, 3.05) is 46.4 Å². The molecular formula is C35H60N2O2.